The molecule has 0 aliphatic heterocycles. The maximum absolute atomic E-state index is 13.1. The number of halogens is 3. The van der Waals surface area contributed by atoms with Crippen LogP contribution in [0.3, 0.4) is 0 Å². The van der Waals surface area contributed by atoms with E-state index >= 15 is 0 Å². The third-order valence-electron chi connectivity index (χ3n) is 2.72. The molecule has 0 unspecified atom stereocenters. The quantitative estimate of drug-likeness (QED) is 0.770. The second kappa shape index (κ2) is 6.03. The number of carbonyl (C=O) groups is 1. The normalized spacial score (nSPS) is 11.4. The van der Waals surface area contributed by atoms with Crippen LogP contribution in [-0.2, 0) is 9.84 Å². The summed E-state index contributed by atoms with van der Waals surface area (Å²) in [6.45, 7) is 0. The fourth-order valence-electron chi connectivity index (χ4n) is 1.67. The number of rotatable bonds is 4. The van der Waals surface area contributed by atoms with Crippen molar-refractivity contribution < 1.29 is 22.0 Å². The SMILES string of the molecule is O=C(CS(=O)(=O)c1cccc(Br)c1)c1ccc(F)c(F)c1. The van der Waals surface area contributed by atoms with E-state index in [0.717, 1.165) is 12.1 Å². The zero-order valence-corrected chi connectivity index (χ0v) is 12.9. The van der Waals surface area contributed by atoms with Crippen molar-refractivity contribution in [2.45, 2.75) is 4.90 Å². The smallest absolute Gasteiger partial charge is 0.185 e. The summed E-state index contributed by atoms with van der Waals surface area (Å²) in [7, 11) is -3.85. The van der Waals surface area contributed by atoms with Crippen LogP contribution in [0.1, 0.15) is 10.4 Å². The Kier molecular flexibility index (Phi) is 4.53. The number of ketones is 1. The molecule has 0 bridgehead atoms. The van der Waals surface area contributed by atoms with Crippen LogP contribution in [0.4, 0.5) is 8.78 Å². The highest BCUT2D eigenvalue weighted by Crippen LogP contribution is 2.18. The van der Waals surface area contributed by atoms with Crippen LogP contribution in [0.2, 0.25) is 0 Å². The maximum atomic E-state index is 13.1. The lowest BCUT2D eigenvalue weighted by Gasteiger charge is -2.05. The van der Waals surface area contributed by atoms with E-state index in [1.165, 1.54) is 18.2 Å². The first-order valence-electron chi connectivity index (χ1n) is 5.76. The molecule has 0 aliphatic carbocycles. The van der Waals surface area contributed by atoms with Gasteiger partial charge in [0, 0.05) is 10.0 Å². The Morgan fingerprint density at radius 2 is 1.76 bits per heavy atom. The number of sulfone groups is 1. The van der Waals surface area contributed by atoms with E-state index in [4.69, 9.17) is 0 Å². The first-order valence-corrected chi connectivity index (χ1v) is 8.21. The van der Waals surface area contributed by atoms with Crippen LogP contribution < -0.4 is 0 Å². The minimum atomic E-state index is -3.85. The topological polar surface area (TPSA) is 51.2 Å². The Morgan fingerprint density at radius 3 is 2.38 bits per heavy atom. The molecule has 0 radical (unpaired) electrons. The highest BCUT2D eigenvalue weighted by molar-refractivity contribution is 9.10. The lowest BCUT2D eigenvalue weighted by Crippen LogP contribution is -2.16. The van der Waals surface area contributed by atoms with Crippen molar-refractivity contribution in [1.29, 1.82) is 0 Å². The van der Waals surface area contributed by atoms with Crippen LogP contribution in [0.5, 0.6) is 0 Å². The van der Waals surface area contributed by atoms with Gasteiger partial charge in [0.1, 0.15) is 5.75 Å². The average Bonchev–Trinajstić information content (AvgIpc) is 2.41. The number of benzene rings is 2. The molecular formula is C14H9BrF2O3S. The Balaban J connectivity index is 2.28. The van der Waals surface area contributed by atoms with E-state index in [1.54, 1.807) is 6.07 Å². The van der Waals surface area contributed by atoms with E-state index in [1.807, 2.05) is 0 Å². The van der Waals surface area contributed by atoms with Gasteiger partial charge in [0.2, 0.25) is 0 Å². The van der Waals surface area contributed by atoms with Gasteiger partial charge < -0.3 is 0 Å². The number of hydrogen-bond acceptors (Lipinski definition) is 3. The monoisotopic (exact) mass is 374 g/mol. The molecule has 0 atom stereocenters. The molecule has 21 heavy (non-hydrogen) atoms. The van der Waals surface area contributed by atoms with E-state index in [-0.39, 0.29) is 10.5 Å². The van der Waals surface area contributed by atoms with Gasteiger partial charge in [-0.1, -0.05) is 22.0 Å². The van der Waals surface area contributed by atoms with Crippen LogP contribution in [0.25, 0.3) is 0 Å². The van der Waals surface area contributed by atoms with Crippen LogP contribution in [0, 0.1) is 11.6 Å². The van der Waals surface area contributed by atoms with Crippen LogP contribution in [0.15, 0.2) is 51.8 Å². The fourth-order valence-corrected chi connectivity index (χ4v) is 3.49. The standard InChI is InChI=1S/C14H9BrF2O3S/c15-10-2-1-3-11(7-10)21(19,20)8-14(18)9-4-5-12(16)13(17)6-9/h1-7H,8H2. The maximum Gasteiger partial charge on any atom is 0.185 e. The number of carbonyl (C=O) groups excluding carboxylic acids is 1. The predicted octanol–water partition coefficient (Wildman–Crippen LogP) is 3.38. The van der Waals surface area contributed by atoms with Gasteiger partial charge >= 0.3 is 0 Å². The molecule has 7 heteroatoms. The summed E-state index contributed by atoms with van der Waals surface area (Å²) in [6, 6.07) is 8.43. The zero-order valence-electron chi connectivity index (χ0n) is 10.5. The van der Waals surface area contributed by atoms with Gasteiger partial charge in [-0.3, -0.25) is 4.79 Å². The summed E-state index contributed by atoms with van der Waals surface area (Å²) in [5, 5.41) is 0. The van der Waals surface area contributed by atoms with Crippen molar-refractivity contribution in [3.63, 3.8) is 0 Å². The van der Waals surface area contributed by atoms with Gasteiger partial charge in [-0.15, -0.1) is 0 Å². The molecule has 3 nitrogen and oxygen atoms in total. The Bertz CT molecular complexity index is 804. The summed E-state index contributed by atoms with van der Waals surface area (Å²) in [5.41, 5.74) is -0.188. The predicted molar refractivity (Wildman–Crippen MR) is 76.9 cm³/mol. The van der Waals surface area contributed by atoms with Crippen molar-refractivity contribution >= 4 is 31.6 Å². The average molecular weight is 375 g/mol. The molecule has 0 saturated carbocycles. The van der Waals surface area contributed by atoms with Crippen molar-refractivity contribution in [3.05, 3.63) is 64.1 Å². The van der Waals surface area contributed by atoms with Crippen molar-refractivity contribution in [2.24, 2.45) is 0 Å². The van der Waals surface area contributed by atoms with Gasteiger partial charge in [-0.25, -0.2) is 17.2 Å². The second-order valence-corrected chi connectivity index (χ2v) is 7.17. The lowest BCUT2D eigenvalue weighted by atomic mass is 10.1. The third-order valence-corrected chi connectivity index (χ3v) is 4.83. The molecule has 0 aromatic heterocycles. The number of hydrogen-bond donors (Lipinski definition) is 0. The lowest BCUT2D eigenvalue weighted by molar-refractivity contribution is 0.102. The van der Waals surface area contributed by atoms with Gasteiger partial charge in [-0.2, -0.15) is 0 Å². The zero-order chi connectivity index (χ0) is 15.6. The first kappa shape index (κ1) is 15.8. The molecule has 0 spiro atoms. The third kappa shape index (κ3) is 3.74. The van der Waals surface area contributed by atoms with Gasteiger partial charge in [-0.05, 0) is 36.4 Å². The van der Waals surface area contributed by atoms with E-state index in [2.05, 4.69) is 15.9 Å². The summed E-state index contributed by atoms with van der Waals surface area (Å²) < 4.78 is 50.6. The molecule has 2 aromatic rings. The van der Waals surface area contributed by atoms with Crippen molar-refractivity contribution in [3.8, 4) is 0 Å². The van der Waals surface area contributed by atoms with Crippen LogP contribution in [-0.4, -0.2) is 20.0 Å². The van der Waals surface area contributed by atoms with Crippen LogP contribution >= 0.6 is 15.9 Å². The van der Waals surface area contributed by atoms with Crippen molar-refractivity contribution in [1.82, 2.24) is 0 Å². The summed E-state index contributed by atoms with van der Waals surface area (Å²) in [4.78, 5) is 11.9. The highest BCUT2D eigenvalue weighted by Gasteiger charge is 2.21. The molecule has 2 aromatic carbocycles. The molecule has 0 amide bonds. The molecular weight excluding hydrogens is 366 g/mol. The Hall–Kier alpha value is -1.60. The highest BCUT2D eigenvalue weighted by atomic mass is 79.9. The summed E-state index contributed by atoms with van der Waals surface area (Å²) in [6.07, 6.45) is 0. The molecule has 0 N–H and O–H groups in total. The van der Waals surface area contributed by atoms with E-state index in [0.29, 0.717) is 10.5 Å². The molecule has 2 rings (SSSR count). The first-order chi connectivity index (χ1) is 9.79. The second-order valence-electron chi connectivity index (χ2n) is 4.27. The molecule has 0 heterocycles. The Labute approximate surface area is 128 Å². The molecule has 0 saturated heterocycles. The fraction of sp³-hybridized carbons (Fsp3) is 0.0714. The van der Waals surface area contributed by atoms with E-state index < -0.39 is 33.0 Å². The molecule has 0 fully saturated rings. The number of Topliss-reactive ketones (excluding diaryl/α,β-unsaturated/α-hetero) is 1. The van der Waals surface area contributed by atoms with Crippen molar-refractivity contribution in [2.75, 3.05) is 5.75 Å². The van der Waals surface area contributed by atoms with E-state index in [9.17, 15) is 22.0 Å². The minimum Gasteiger partial charge on any atom is -0.293 e. The van der Waals surface area contributed by atoms with Gasteiger partial charge in [0.15, 0.2) is 27.3 Å². The molecule has 110 valence electrons. The van der Waals surface area contributed by atoms with Gasteiger partial charge in [0.05, 0.1) is 4.90 Å². The van der Waals surface area contributed by atoms with Gasteiger partial charge in [0.25, 0.3) is 0 Å². The minimum absolute atomic E-state index is 0.0205. The molecule has 0 aliphatic rings. The summed E-state index contributed by atoms with van der Waals surface area (Å²) in [5.74, 6) is -3.90. The summed E-state index contributed by atoms with van der Waals surface area (Å²) >= 11 is 3.14. The Morgan fingerprint density at radius 1 is 1.05 bits per heavy atom. The largest absolute Gasteiger partial charge is 0.293 e.